The molecule has 1 aliphatic carbocycles. The standard InChI is InChI=1S/C21H23N3O2/c1-3-19(25)23-18-9-8-14-16(11-22-12-17(14)18)15-6-4-5-13-7-10-20(26)24(2)21(13)15/h4-6,11-12,18H,3,7-10H2,1-2H3,(H,23,25). The lowest BCUT2D eigenvalue weighted by atomic mass is 9.91. The van der Waals surface area contributed by atoms with Gasteiger partial charge in [-0.1, -0.05) is 25.1 Å². The Balaban J connectivity index is 1.80. The maximum absolute atomic E-state index is 12.2. The molecule has 0 spiro atoms. The Morgan fingerprint density at radius 3 is 2.88 bits per heavy atom. The van der Waals surface area contributed by atoms with Crippen LogP contribution in [0.5, 0.6) is 0 Å². The van der Waals surface area contributed by atoms with Gasteiger partial charge in [-0.3, -0.25) is 14.6 Å². The van der Waals surface area contributed by atoms with E-state index >= 15 is 0 Å². The number of nitrogens with zero attached hydrogens (tertiary/aromatic N) is 2. The van der Waals surface area contributed by atoms with E-state index in [1.807, 2.05) is 26.4 Å². The molecule has 0 fully saturated rings. The lowest BCUT2D eigenvalue weighted by molar-refractivity contribution is -0.121. The number of pyridine rings is 1. The number of benzene rings is 1. The molecule has 1 N–H and O–H groups in total. The largest absolute Gasteiger partial charge is 0.349 e. The van der Waals surface area contributed by atoms with Gasteiger partial charge in [-0.15, -0.1) is 0 Å². The number of rotatable bonds is 3. The second-order valence-electron chi connectivity index (χ2n) is 7.03. The summed E-state index contributed by atoms with van der Waals surface area (Å²) in [6.07, 6.45) is 7.39. The van der Waals surface area contributed by atoms with Crippen LogP contribution in [0, 0.1) is 0 Å². The lowest BCUT2D eigenvalue weighted by Crippen LogP contribution is -2.31. The van der Waals surface area contributed by atoms with Crippen molar-refractivity contribution in [2.24, 2.45) is 0 Å². The molecule has 5 heteroatoms. The number of nitrogens with one attached hydrogen (secondary N) is 1. The van der Waals surface area contributed by atoms with Crippen LogP contribution < -0.4 is 10.2 Å². The first-order valence-corrected chi connectivity index (χ1v) is 9.25. The van der Waals surface area contributed by atoms with E-state index in [0.29, 0.717) is 12.8 Å². The van der Waals surface area contributed by atoms with Crippen molar-refractivity contribution in [3.63, 3.8) is 0 Å². The first-order chi connectivity index (χ1) is 12.6. The molecule has 2 aromatic rings. The summed E-state index contributed by atoms with van der Waals surface area (Å²) in [7, 11) is 1.85. The van der Waals surface area contributed by atoms with E-state index in [1.54, 1.807) is 4.90 Å². The summed E-state index contributed by atoms with van der Waals surface area (Å²) >= 11 is 0. The summed E-state index contributed by atoms with van der Waals surface area (Å²) in [5.41, 5.74) is 6.68. The maximum Gasteiger partial charge on any atom is 0.227 e. The van der Waals surface area contributed by atoms with Gasteiger partial charge >= 0.3 is 0 Å². The molecule has 0 radical (unpaired) electrons. The fourth-order valence-corrected chi connectivity index (χ4v) is 4.15. The Bertz CT molecular complexity index is 891. The monoisotopic (exact) mass is 349 g/mol. The van der Waals surface area contributed by atoms with Gasteiger partial charge in [-0.2, -0.15) is 0 Å². The minimum absolute atomic E-state index is 0.0313. The first-order valence-electron chi connectivity index (χ1n) is 9.25. The molecule has 0 bridgehead atoms. The molecule has 26 heavy (non-hydrogen) atoms. The average Bonchev–Trinajstić information content (AvgIpc) is 3.07. The van der Waals surface area contributed by atoms with Crippen LogP contribution in [0.3, 0.4) is 0 Å². The van der Waals surface area contributed by atoms with Gasteiger partial charge in [0.05, 0.1) is 11.7 Å². The number of hydrogen-bond donors (Lipinski definition) is 1. The molecule has 4 rings (SSSR count). The van der Waals surface area contributed by atoms with Gasteiger partial charge in [0.2, 0.25) is 11.8 Å². The Morgan fingerprint density at radius 2 is 2.08 bits per heavy atom. The Morgan fingerprint density at radius 1 is 1.23 bits per heavy atom. The highest BCUT2D eigenvalue weighted by molar-refractivity contribution is 6.01. The summed E-state index contributed by atoms with van der Waals surface area (Å²) in [6.45, 7) is 1.86. The molecular weight excluding hydrogens is 326 g/mol. The molecular formula is C21H23N3O2. The summed E-state index contributed by atoms with van der Waals surface area (Å²) in [4.78, 5) is 30.3. The highest BCUT2D eigenvalue weighted by Gasteiger charge is 2.29. The van der Waals surface area contributed by atoms with Gasteiger partial charge in [0, 0.05) is 43.4 Å². The van der Waals surface area contributed by atoms with Crippen LogP contribution in [0.15, 0.2) is 30.6 Å². The number of amides is 2. The summed E-state index contributed by atoms with van der Waals surface area (Å²) in [5, 5.41) is 3.10. The van der Waals surface area contributed by atoms with Crippen molar-refractivity contribution >= 4 is 17.5 Å². The SMILES string of the molecule is CCC(=O)NC1CCc2c(-c3cccc4c3N(C)C(=O)CC4)cncc21. The molecule has 0 saturated heterocycles. The van der Waals surface area contributed by atoms with Crippen molar-refractivity contribution in [3.05, 3.63) is 47.3 Å². The molecule has 1 aromatic carbocycles. The minimum atomic E-state index is 0.0313. The molecule has 2 heterocycles. The van der Waals surface area contributed by atoms with Gasteiger partial charge in [0.15, 0.2) is 0 Å². The lowest BCUT2D eigenvalue weighted by Gasteiger charge is -2.29. The Labute approximate surface area is 153 Å². The minimum Gasteiger partial charge on any atom is -0.349 e. The van der Waals surface area contributed by atoms with Crippen LogP contribution in [0.4, 0.5) is 5.69 Å². The molecule has 1 aromatic heterocycles. The quantitative estimate of drug-likeness (QED) is 0.926. The third kappa shape index (κ3) is 2.68. The maximum atomic E-state index is 12.2. The van der Waals surface area contributed by atoms with Crippen molar-refractivity contribution in [3.8, 4) is 11.1 Å². The zero-order valence-electron chi connectivity index (χ0n) is 15.2. The van der Waals surface area contributed by atoms with E-state index in [0.717, 1.165) is 41.6 Å². The summed E-state index contributed by atoms with van der Waals surface area (Å²) in [5.74, 6) is 0.217. The highest BCUT2D eigenvalue weighted by Crippen LogP contribution is 2.42. The number of fused-ring (bicyclic) bond motifs is 2. The van der Waals surface area contributed by atoms with E-state index < -0.39 is 0 Å². The van der Waals surface area contributed by atoms with E-state index in [9.17, 15) is 9.59 Å². The van der Waals surface area contributed by atoms with E-state index in [-0.39, 0.29) is 17.9 Å². The average molecular weight is 349 g/mol. The number of aromatic nitrogens is 1. The van der Waals surface area contributed by atoms with Crippen LogP contribution >= 0.6 is 0 Å². The zero-order valence-corrected chi connectivity index (χ0v) is 15.2. The van der Waals surface area contributed by atoms with E-state index in [4.69, 9.17) is 0 Å². The summed E-state index contributed by atoms with van der Waals surface area (Å²) < 4.78 is 0. The van der Waals surface area contributed by atoms with E-state index in [2.05, 4.69) is 28.5 Å². The molecule has 0 saturated carbocycles. The molecule has 1 aliphatic heterocycles. The molecule has 134 valence electrons. The van der Waals surface area contributed by atoms with Crippen molar-refractivity contribution < 1.29 is 9.59 Å². The number of para-hydroxylation sites is 1. The fourth-order valence-electron chi connectivity index (χ4n) is 4.15. The topological polar surface area (TPSA) is 62.3 Å². The third-order valence-corrected chi connectivity index (χ3v) is 5.53. The summed E-state index contributed by atoms with van der Waals surface area (Å²) in [6, 6.07) is 6.26. The van der Waals surface area contributed by atoms with Crippen molar-refractivity contribution in [2.45, 2.75) is 45.1 Å². The molecule has 1 unspecified atom stereocenters. The smallest absolute Gasteiger partial charge is 0.227 e. The van der Waals surface area contributed by atoms with Crippen LogP contribution in [-0.2, 0) is 22.4 Å². The third-order valence-electron chi connectivity index (χ3n) is 5.53. The Kier molecular flexibility index (Phi) is 4.23. The van der Waals surface area contributed by atoms with Gasteiger partial charge in [0.1, 0.15) is 0 Å². The molecule has 1 atom stereocenters. The predicted octanol–water partition coefficient (Wildman–Crippen LogP) is 3.17. The van der Waals surface area contributed by atoms with Gasteiger partial charge in [0.25, 0.3) is 0 Å². The number of carbonyl (C=O) groups is 2. The number of carbonyl (C=O) groups excluding carboxylic acids is 2. The van der Waals surface area contributed by atoms with Crippen molar-refractivity contribution in [2.75, 3.05) is 11.9 Å². The molecule has 2 amide bonds. The van der Waals surface area contributed by atoms with Crippen molar-refractivity contribution in [1.82, 2.24) is 10.3 Å². The van der Waals surface area contributed by atoms with Gasteiger partial charge in [-0.05, 0) is 36.0 Å². The van der Waals surface area contributed by atoms with E-state index in [1.165, 1.54) is 11.1 Å². The highest BCUT2D eigenvalue weighted by atomic mass is 16.2. The van der Waals surface area contributed by atoms with Crippen LogP contribution in [-0.4, -0.2) is 23.8 Å². The molecule has 2 aliphatic rings. The van der Waals surface area contributed by atoms with Gasteiger partial charge in [-0.25, -0.2) is 0 Å². The zero-order chi connectivity index (χ0) is 18.3. The predicted molar refractivity (Wildman–Crippen MR) is 101 cm³/mol. The van der Waals surface area contributed by atoms with Crippen molar-refractivity contribution in [1.29, 1.82) is 0 Å². The van der Waals surface area contributed by atoms with Crippen LogP contribution in [0.1, 0.15) is 48.9 Å². The normalized spacial score (nSPS) is 18.5. The number of anilines is 1. The second-order valence-corrected chi connectivity index (χ2v) is 7.03. The number of aryl methyl sites for hydroxylation is 1. The van der Waals surface area contributed by atoms with Crippen LogP contribution in [0.2, 0.25) is 0 Å². The van der Waals surface area contributed by atoms with Crippen LogP contribution in [0.25, 0.3) is 11.1 Å². The second kappa shape index (κ2) is 6.56. The first kappa shape index (κ1) is 16.8. The number of hydrogen-bond acceptors (Lipinski definition) is 3. The fraction of sp³-hybridized carbons (Fsp3) is 0.381. The molecule has 5 nitrogen and oxygen atoms in total. The van der Waals surface area contributed by atoms with Gasteiger partial charge < -0.3 is 10.2 Å². The Hall–Kier alpha value is -2.69.